The van der Waals surface area contributed by atoms with Crippen molar-refractivity contribution in [1.29, 1.82) is 0 Å². The zero-order valence-corrected chi connectivity index (χ0v) is 13.6. The van der Waals surface area contributed by atoms with Gasteiger partial charge in [-0.1, -0.05) is 31.4 Å². The summed E-state index contributed by atoms with van der Waals surface area (Å²) in [4.78, 5) is 13.1. The number of hydrogen-bond acceptors (Lipinski definition) is 3. The van der Waals surface area contributed by atoms with E-state index in [0.29, 0.717) is 15.6 Å². The minimum Gasteiger partial charge on any atom is -0.397 e. The van der Waals surface area contributed by atoms with Crippen LogP contribution in [-0.4, -0.2) is 11.9 Å². The van der Waals surface area contributed by atoms with Gasteiger partial charge in [-0.15, -0.1) is 11.3 Å². The number of thiophene rings is 1. The fourth-order valence-electron chi connectivity index (χ4n) is 2.59. The van der Waals surface area contributed by atoms with Crippen molar-refractivity contribution >= 4 is 44.6 Å². The maximum Gasteiger partial charge on any atom is 0.263 e. The molecule has 1 atom stereocenters. The van der Waals surface area contributed by atoms with E-state index in [1.165, 1.54) is 24.2 Å². The summed E-state index contributed by atoms with van der Waals surface area (Å²) in [6.45, 7) is 2.11. The summed E-state index contributed by atoms with van der Waals surface area (Å²) in [5, 5.41) is 4.70. The number of carbonyl (C=O) groups excluding carboxylic acids is 1. The van der Waals surface area contributed by atoms with Gasteiger partial charge in [-0.25, -0.2) is 0 Å². The van der Waals surface area contributed by atoms with Gasteiger partial charge in [0.2, 0.25) is 0 Å². The van der Waals surface area contributed by atoms with Gasteiger partial charge in [-0.05, 0) is 37.0 Å². The van der Waals surface area contributed by atoms with Gasteiger partial charge in [0.15, 0.2) is 0 Å². The Bertz CT molecular complexity index is 678. The molecular weight excluding hydrogens is 304 g/mol. The molecule has 1 aliphatic carbocycles. The Labute approximate surface area is 133 Å². The molecule has 112 valence electrons. The third kappa shape index (κ3) is 3.16. The molecule has 0 spiro atoms. The van der Waals surface area contributed by atoms with E-state index in [1.54, 1.807) is 6.07 Å². The number of anilines is 1. The van der Waals surface area contributed by atoms with Gasteiger partial charge in [0, 0.05) is 21.2 Å². The van der Waals surface area contributed by atoms with Crippen molar-refractivity contribution in [1.82, 2.24) is 5.32 Å². The Hall–Kier alpha value is -1.26. The van der Waals surface area contributed by atoms with Crippen LogP contribution in [0.25, 0.3) is 10.1 Å². The van der Waals surface area contributed by atoms with Crippen molar-refractivity contribution in [2.45, 2.75) is 38.6 Å². The fourth-order valence-corrected chi connectivity index (χ4v) is 3.90. The van der Waals surface area contributed by atoms with Crippen LogP contribution in [-0.2, 0) is 0 Å². The van der Waals surface area contributed by atoms with E-state index in [-0.39, 0.29) is 11.9 Å². The van der Waals surface area contributed by atoms with Crippen molar-refractivity contribution in [3.05, 3.63) is 28.1 Å². The maximum absolute atomic E-state index is 12.5. The first-order valence-electron chi connectivity index (χ1n) is 7.37. The van der Waals surface area contributed by atoms with Gasteiger partial charge in [-0.3, -0.25) is 4.79 Å². The molecule has 1 unspecified atom stereocenters. The van der Waals surface area contributed by atoms with Crippen LogP contribution in [0, 0.1) is 5.92 Å². The molecule has 3 nitrogen and oxygen atoms in total. The highest BCUT2D eigenvalue weighted by Crippen LogP contribution is 2.36. The lowest BCUT2D eigenvalue weighted by molar-refractivity contribution is 0.0937. The lowest BCUT2D eigenvalue weighted by Gasteiger charge is -2.16. The number of rotatable bonds is 5. The minimum atomic E-state index is -0.0580. The Morgan fingerprint density at radius 2 is 2.29 bits per heavy atom. The van der Waals surface area contributed by atoms with E-state index in [2.05, 4.69) is 12.2 Å². The normalized spacial score (nSPS) is 16.1. The van der Waals surface area contributed by atoms with Gasteiger partial charge >= 0.3 is 0 Å². The molecule has 1 fully saturated rings. The molecule has 2 aromatic rings. The van der Waals surface area contributed by atoms with E-state index in [9.17, 15) is 4.79 Å². The lowest BCUT2D eigenvalue weighted by Crippen LogP contribution is -2.34. The molecule has 21 heavy (non-hydrogen) atoms. The second kappa shape index (κ2) is 5.85. The van der Waals surface area contributed by atoms with E-state index in [0.717, 1.165) is 28.8 Å². The quantitative estimate of drug-likeness (QED) is 0.854. The van der Waals surface area contributed by atoms with E-state index >= 15 is 0 Å². The highest BCUT2D eigenvalue weighted by molar-refractivity contribution is 7.21. The highest BCUT2D eigenvalue weighted by Gasteiger charge is 2.26. The molecule has 0 radical (unpaired) electrons. The van der Waals surface area contributed by atoms with Crippen molar-refractivity contribution in [3.63, 3.8) is 0 Å². The predicted molar refractivity (Wildman–Crippen MR) is 90.1 cm³/mol. The number of nitrogens with two attached hydrogens (primary N) is 1. The molecule has 0 aliphatic heterocycles. The van der Waals surface area contributed by atoms with Crippen LogP contribution in [0.1, 0.15) is 42.3 Å². The van der Waals surface area contributed by atoms with E-state index in [4.69, 9.17) is 17.3 Å². The van der Waals surface area contributed by atoms with Gasteiger partial charge < -0.3 is 11.1 Å². The fraction of sp³-hybridized carbons (Fsp3) is 0.438. The van der Waals surface area contributed by atoms with E-state index in [1.807, 2.05) is 12.1 Å². The smallest absolute Gasteiger partial charge is 0.263 e. The standard InChI is InChI=1S/C16H19ClN2OS/c1-2-11(7-9-3-4-9)19-16(20)15-14(18)12-6-5-10(17)8-13(12)21-15/h5-6,8-9,11H,2-4,7,18H2,1H3,(H,19,20). The average molecular weight is 323 g/mol. The Balaban J connectivity index is 1.81. The predicted octanol–water partition coefficient (Wildman–Crippen LogP) is 4.45. The molecule has 0 bridgehead atoms. The molecule has 3 N–H and O–H groups in total. The summed E-state index contributed by atoms with van der Waals surface area (Å²) in [5.74, 6) is 0.742. The van der Waals surface area contributed by atoms with E-state index < -0.39 is 0 Å². The van der Waals surface area contributed by atoms with Crippen molar-refractivity contribution < 1.29 is 4.79 Å². The first-order valence-corrected chi connectivity index (χ1v) is 8.56. The van der Waals surface area contributed by atoms with Gasteiger partial charge in [0.05, 0.1) is 5.69 Å². The van der Waals surface area contributed by atoms with Gasteiger partial charge in [-0.2, -0.15) is 0 Å². The topological polar surface area (TPSA) is 55.1 Å². The third-order valence-corrected chi connectivity index (χ3v) is 5.44. The second-order valence-corrected chi connectivity index (χ2v) is 7.23. The zero-order chi connectivity index (χ0) is 15.0. The molecule has 1 aromatic carbocycles. The molecule has 1 heterocycles. The van der Waals surface area contributed by atoms with Gasteiger partial charge in [0.25, 0.3) is 5.91 Å². The number of benzene rings is 1. The Morgan fingerprint density at radius 3 is 2.95 bits per heavy atom. The highest BCUT2D eigenvalue weighted by atomic mass is 35.5. The first kappa shape index (κ1) is 14.7. The van der Waals surface area contributed by atoms with Crippen molar-refractivity contribution in [2.75, 3.05) is 5.73 Å². The molecular formula is C16H19ClN2OS. The summed E-state index contributed by atoms with van der Waals surface area (Å²) in [6.07, 6.45) is 4.64. The summed E-state index contributed by atoms with van der Waals surface area (Å²) < 4.78 is 0.959. The average Bonchev–Trinajstić information content (AvgIpc) is 3.21. The number of carbonyl (C=O) groups is 1. The summed E-state index contributed by atoms with van der Waals surface area (Å²) >= 11 is 7.41. The molecule has 3 rings (SSSR count). The van der Waals surface area contributed by atoms with Crippen LogP contribution < -0.4 is 11.1 Å². The molecule has 1 amide bonds. The monoisotopic (exact) mass is 322 g/mol. The van der Waals surface area contributed by atoms with Crippen molar-refractivity contribution in [2.24, 2.45) is 5.92 Å². The minimum absolute atomic E-state index is 0.0580. The molecule has 0 saturated heterocycles. The summed E-state index contributed by atoms with van der Waals surface area (Å²) in [6, 6.07) is 5.78. The number of hydrogen-bond donors (Lipinski definition) is 2. The molecule has 1 aromatic heterocycles. The first-order chi connectivity index (χ1) is 10.1. The number of amides is 1. The molecule has 5 heteroatoms. The van der Waals surface area contributed by atoms with Crippen molar-refractivity contribution in [3.8, 4) is 0 Å². The number of nitrogen functional groups attached to an aromatic ring is 1. The lowest BCUT2D eigenvalue weighted by atomic mass is 10.1. The maximum atomic E-state index is 12.5. The second-order valence-electron chi connectivity index (χ2n) is 5.74. The van der Waals surface area contributed by atoms with Crippen LogP contribution in [0.4, 0.5) is 5.69 Å². The van der Waals surface area contributed by atoms with Crippen LogP contribution in [0.5, 0.6) is 0 Å². The van der Waals surface area contributed by atoms with Gasteiger partial charge in [0.1, 0.15) is 4.88 Å². The Kier molecular flexibility index (Phi) is 4.09. The largest absolute Gasteiger partial charge is 0.397 e. The summed E-state index contributed by atoms with van der Waals surface area (Å²) in [7, 11) is 0. The van der Waals surface area contributed by atoms with Crippen LogP contribution in [0.3, 0.4) is 0 Å². The number of fused-ring (bicyclic) bond motifs is 1. The molecule has 1 aliphatic rings. The van der Waals surface area contributed by atoms with Crippen LogP contribution >= 0.6 is 22.9 Å². The Morgan fingerprint density at radius 1 is 1.52 bits per heavy atom. The number of nitrogens with one attached hydrogen (secondary N) is 1. The molecule has 1 saturated carbocycles. The van der Waals surface area contributed by atoms with Crippen LogP contribution in [0.2, 0.25) is 5.02 Å². The summed E-state index contributed by atoms with van der Waals surface area (Å²) in [5.41, 5.74) is 6.69. The zero-order valence-electron chi connectivity index (χ0n) is 12.0. The third-order valence-electron chi connectivity index (χ3n) is 4.04. The number of halogens is 1. The van der Waals surface area contributed by atoms with Crippen LogP contribution in [0.15, 0.2) is 18.2 Å². The SMILES string of the molecule is CCC(CC1CC1)NC(=O)c1sc2cc(Cl)ccc2c1N.